The van der Waals surface area contributed by atoms with Gasteiger partial charge in [-0.2, -0.15) is 0 Å². The van der Waals surface area contributed by atoms with Crippen LogP contribution in [0.2, 0.25) is 0 Å². The number of rotatable bonds is 7. The molecule has 0 bridgehead atoms. The fraction of sp³-hybridized carbons (Fsp3) is 0.381. The van der Waals surface area contributed by atoms with Crippen LogP contribution < -0.4 is 14.4 Å². The van der Waals surface area contributed by atoms with Gasteiger partial charge in [-0.15, -0.1) is 0 Å². The second-order valence-corrected chi connectivity index (χ2v) is 6.21. The molecule has 0 aromatic heterocycles. The van der Waals surface area contributed by atoms with Crippen LogP contribution in [0.5, 0.6) is 11.5 Å². The maximum Gasteiger partial charge on any atom is 0.227 e. The van der Waals surface area contributed by atoms with E-state index in [0.717, 1.165) is 42.1 Å². The molecule has 1 amide bonds. The van der Waals surface area contributed by atoms with Gasteiger partial charge in [-0.25, -0.2) is 0 Å². The number of amides is 1. The van der Waals surface area contributed by atoms with Crippen molar-refractivity contribution in [3.05, 3.63) is 54.1 Å². The Hall–Kier alpha value is -2.49. The molecule has 132 valence electrons. The van der Waals surface area contributed by atoms with Crippen LogP contribution in [-0.4, -0.2) is 25.7 Å². The van der Waals surface area contributed by atoms with E-state index in [-0.39, 0.29) is 5.91 Å². The molecule has 0 saturated carbocycles. The number of carbonyl (C=O) groups excluding carboxylic acids is 1. The minimum Gasteiger partial charge on any atom is -0.486 e. The first-order valence-electron chi connectivity index (χ1n) is 9.02. The van der Waals surface area contributed by atoms with Gasteiger partial charge in [0.05, 0.1) is 0 Å². The number of ether oxygens (including phenoxy) is 2. The predicted octanol–water partition coefficient (Wildman–Crippen LogP) is 4.22. The van der Waals surface area contributed by atoms with Crippen LogP contribution in [0.25, 0.3) is 0 Å². The summed E-state index contributed by atoms with van der Waals surface area (Å²) in [6.07, 6.45) is 3.26. The Morgan fingerprint density at radius 2 is 1.80 bits per heavy atom. The fourth-order valence-corrected chi connectivity index (χ4v) is 2.95. The van der Waals surface area contributed by atoms with E-state index < -0.39 is 0 Å². The Morgan fingerprint density at radius 1 is 1.04 bits per heavy atom. The number of anilines is 1. The molecule has 0 fully saturated rings. The van der Waals surface area contributed by atoms with Gasteiger partial charge in [-0.05, 0) is 42.7 Å². The Kier molecular flexibility index (Phi) is 5.94. The number of benzene rings is 2. The van der Waals surface area contributed by atoms with Crippen LogP contribution in [0.4, 0.5) is 5.69 Å². The lowest BCUT2D eigenvalue weighted by Crippen LogP contribution is -2.32. The van der Waals surface area contributed by atoms with Crippen molar-refractivity contribution in [2.24, 2.45) is 0 Å². The first-order chi connectivity index (χ1) is 12.3. The second-order valence-electron chi connectivity index (χ2n) is 6.21. The average molecular weight is 339 g/mol. The molecule has 0 radical (unpaired) electrons. The molecule has 4 nitrogen and oxygen atoms in total. The molecule has 1 aliphatic heterocycles. The molecule has 1 aliphatic rings. The average Bonchev–Trinajstić information content (AvgIpc) is 2.67. The molecule has 25 heavy (non-hydrogen) atoms. The highest BCUT2D eigenvalue weighted by molar-refractivity contribution is 5.93. The zero-order valence-corrected chi connectivity index (χ0v) is 14.7. The maximum absolute atomic E-state index is 12.8. The summed E-state index contributed by atoms with van der Waals surface area (Å²) in [5.74, 6) is 1.73. The third-order valence-corrected chi connectivity index (χ3v) is 4.34. The monoisotopic (exact) mass is 339 g/mol. The third kappa shape index (κ3) is 4.53. The van der Waals surface area contributed by atoms with Crippen molar-refractivity contribution >= 4 is 11.6 Å². The molecule has 1 heterocycles. The van der Waals surface area contributed by atoms with E-state index in [1.165, 1.54) is 0 Å². The number of unbranched alkanes of at least 4 members (excludes halogenated alkanes) is 1. The van der Waals surface area contributed by atoms with Gasteiger partial charge in [0.15, 0.2) is 11.5 Å². The molecule has 0 aliphatic carbocycles. The largest absolute Gasteiger partial charge is 0.486 e. The smallest absolute Gasteiger partial charge is 0.227 e. The number of nitrogens with zero attached hydrogens (tertiary/aromatic N) is 1. The van der Waals surface area contributed by atoms with Crippen molar-refractivity contribution in [2.75, 3.05) is 24.7 Å². The molecule has 3 rings (SSSR count). The highest BCUT2D eigenvalue weighted by Crippen LogP contribution is 2.31. The molecule has 0 unspecified atom stereocenters. The van der Waals surface area contributed by atoms with E-state index in [9.17, 15) is 4.79 Å². The minimum absolute atomic E-state index is 0.162. The molecule has 0 saturated heterocycles. The van der Waals surface area contributed by atoms with Crippen molar-refractivity contribution < 1.29 is 14.3 Å². The number of fused-ring (bicyclic) bond motifs is 1. The zero-order chi connectivity index (χ0) is 17.5. The van der Waals surface area contributed by atoms with Crippen LogP contribution in [0, 0.1) is 0 Å². The van der Waals surface area contributed by atoms with Gasteiger partial charge in [0.2, 0.25) is 5.91 Å². The van der Waals surface area contributed by atoms with E-state index in [1.54, 1.807) is 0 Å². The van der Waals surface area contributed by atoms with Gasteiger partial charge < -0.3 is 14.4 Å². The Labute approximate surface area is 149 Å². The van der Waals surface area contributed by atoms with Crippen LogP contribution >= 0.6 is 0 Å². The Morgan fingerprint density at radius 3 is 2.56 bits per heavy atom. The van der Waals surface area contributed by atoms with E-state index >= 15 is 0 Å². The summed E-state index contributed by atoms with van der Waals surface area (Å²) in [6.45, 7) is 4.08. The van der Waals surface area contributed by atoms with Gasteiger partial charge in [-0.1, -0.05) is 37.6 Å². The third-order valence-electron chi connectivity index (χ3n) is 4.34. The van der Waals surface area contributed by atoms with E-state index in [4.69, 9.17) is 9.47 Å². The SMILES string of the molecule is CCCCN(C(=O)CCc1ccc2c(c1)OCCO2)c1ccccc1. The molecule has 2 aromatic rings. The summed E-state index contributed by atoms with van der Waals surface area (Å²) < 4.78 is 11.2. The first-order valence-corrected chi connectivity index (χ1v) is 9.02. The summed E-state index contributed by atoms with van der Waals surface area (Å²) in [5.41, 5.74) is 2.07. The maximum atomic E-state index is 12.8. The minimum atomic E-state index is 0.162. The summed E-state index contributed by atoms with van der Waals surface area (Å²) in [4.78, 5) is 14.7. The van der Waals surface area contributed by atoms with Gasteiger partial charge in [0, 0.05) is 18.7 Å². The highest BCUT2D eigenvalue weighted by Gasteiger charge is 2.16. The normalized spacial score (nSPS) is 12.7. The first kappa shape index (κ1) is 17.3. The molecule has 2 aromatic carbocycles. The molecule has 0 spiro atoms. The Balaban J connectivity index is 1.65. The standard InChI is InChI=1S/C21H25NO3/c1-2-3-13-22(18-7-5-4-6-8-18)21(23)12-10-17-9-11-19-20(16-17)25-15-14-24-19/h4-9,11,16H,2-3,10,12-15H2,1H3. The predicted molar refractivity (Wildman–Crippen MR) is 99.5 cm³/mol. The molecular weight excluding hydrogens is 314 g/mol. The van der Waals surface area contributed by atoms with Crippen LogP contribution in [0.3, 0.4) is 0 Å². The van der Waals surface area contributed by atoms with Gasteiger partial charge >= 0.3 is 0 Å². The summed E-state index contributed by atoms with van der Waals surface area (Å²) in [5, 5.41) is 0. The summed E-state index contributed by atoms with van der Waals surface area (Å²) in [7, 11) is 0. The fourth-order valence-electron chi connectivity index (χ4n) is 2.95. The summed E-state index contributed by atoms with van der Waals surface area (Å²) >= 11 is 0. The van der Waals surface area contributed by atoms with Crippen molar-refractivity contribution in [1.82, 2.24) is 0 Å². The van der Waals surface area contributed by atoms with E-state index in [1.807, 2.05) is 53.4 Å². The van der Waals surface area contributed by atoms with Crippen molar-refractivity contribution in [2.45, 2.75) is 32.6 Å². The van der Waals surface area contributed by atoms with Gasteiger partial charge in [0.1, 0.15) is 13.2 Å². The quantitative estimate of drug-likeness (QED) is 0.758. The summed E-state index contributed by atoms with van der Waals surface area (Å²) in [6, 6.07) is 15.8. The lowest BCUT2D eigenvalue weighted by molar-refractivity contribution is -0.118. The van der Waals surface area contributed by atoms with Gasteiger partial charge in [0.25, 0.3) is 0 Å². The molecule has 0 atom stereocenters. The van der Waals surface area contributed by atoms with Crippen LogP contribution in [-0.2, 0) is 11.2 Å². The number of carbonyl (C=O) groups is 1. The zero-order valence-electron chi connectivity index (χ0n) is 14.7. The molecule has 4 heteroatoms. The second kappa shape index (κ2) is 8.56. The Bertz CT molecular complexity index is 700. The number of hydrogen-bond donors (Lipinski definition) is 0. The molecule has 0 N–H and O–H groups in total. The van der Waals surface area contributed by atoms with Crippen LogP contribution in [0.1, 0.15) is 31.7 Å². The van der Waals surface area contributed by atoms with Crippen LogP contribution in [0.15, 0.2) is 48.5 Å². The lowest BCUT2D eigenvalue weighted by atomic mass is 10.1. The van der Waals surface area contributed by atoms with E-state index in [2.05, 4.69) is 6.92 Å². The highest BCUT2D eigenvalue weighted by atomic mass is 16.6. The van der Waals surface area contributed by atoms with E-state index in [0.29, 0.717) is 26.1 Å². The lowest BCUT2D eigenvalue weighted by Gasteiger charge is -2.23. The topological polar surface area (TPSA) is 38.8 Å². The number of hydrogen-bond acceptors (Lipinski definition) is 3. The number of para-hydroxylation sites is 1. The number of aryl methyl sites for hydroxylation is 1. The molecular formula is C21H25NO3. The van der Waals surface area contributed by atoms with Crippen molar-refractivity contribution in [1.29, 1.82) is 0 Å². The van der Waals surface area contributed by atoms with Crippen molar-refractivity contribution in [3.8, 4) is 11.5 Å². The van der Waals surface area contributed by atoms with Crippen molar-refractivity contribution in [3.63, 3.8) is 0 Å². The van der Waals surface area contributed by atoms with Gasteiger partial charge in [-0.3, -0.25) is 4.79 Å².